The minimum absolute atomic E-state index is 0.544. The van der Waals surface area contributed by atoms with Gasteiger partial charge in [0.05, 0.1) is 11.4 Å². The number of aryl methyl sites for hydroxylation is 2. The molecule has 6 heteroatoms. The minimum atomic E-state index is -0.724. The lowest BCUT2D eigenvalue weighted by molar-refractivity contribution is 0.520. The van der Waals surface area contributed by atoms with Gasteiger partial charge in [-0.1, -0.05) is 194 Å². The summed E-state index contributed by atoms with van der Waals surface area (Å²) < 4.78 is 2.27. The predicted octanol–water partition coefficient (Wildman–Crippen LogP) is 14.2. The van der Waals surface area contributed by atoms with Gasteiger partial charge in [0, 0.05) is 7.14 Å². The molecule has 0 amide bonds. The summed E-state index contributed by atoms with van der Waals surface area (Å²) in [6.45, 7) is 4.20. The first kappa shape index (κ1) is 40.8. The summed E-state index contributed by atoms with van der Waals surface area (Å²) in [7, 11) is 0. The molecule has 286 valence electrons. The lowest BCUT2D eigenvalue weighted by Gasteiger charge is -2.37. The molecule has 58 heavy (non-hydrogen) atoms. The van der Waals surface area contributed by atoms with E-state index in [1.54, 1.807) is 0 Å². The molecule has 8 rings (SSSR count). The molecule has 0 aliphatic heterocycles. The second-order valence-electron chi connectivity index (χ2n) is 14.0. The van der Waals surface area contributed by atoms with Gasteiger partial charge in [-0.25, -0.2) is 5.43 Å². The van der Waals surface area contributed by atoms with Gasteiger partial charge in [0.1, 0.15) is 5.54 Å². The van der Waals surface area contributed by atoms with Crippen LogP contribution in [0.4, 0.5) is 11.4 Å². The molecule has 0 aliphatic carbocycles. The Labute approximate surface area is 369 Å². The quantitative estimate of drug-likeness (QED) is 0.0587. The molecule has 2 N–H and O–H groups in total. The van der Waals surface area contributed by atoms with Crippen LogP contribution < -0.4 is 10.9 Å². The second kappa shape index (κ2) is 19.4. The number of hydrazine groups is 1. The highest BCUT2D eigenvalue weighted by molar-refractivity contribution is 14.1. The van der Waals surface area contributed by atoms with E-state index < -0.39 is 11.1 Å². The first-order valence-corrected chi connectivity index (χ1v) is 21.4. The Bertz CT molecular complexity index is 2340. The van der Waals surface area contributed by atoms with Crippen LogP contribution in [0.25, 0.3) is 0 Å². The summed E-state index contributed by atoms with van der Waals surface area (Å²) in [5.74, 6) is 0. The van der Waals surface area contributed by atoms with E-state index >= 15 is 0 Å². The largest absolute Gasteiger partial charge is 0.319 e. The third-order valence-electron chi connectivity index (χ3n) is 10.1. The van der Waals surface area contributed by atoms with Crippen LogP contribution in [0.5, 0.6) is 0 Å². The molecule has 0 saturated heterocycles. The maximum atomic E-state index is 5.05. The number of hydrogen-bond donors (Lipinski definition) is 2. The van der Waals surface area contributed by atoms with E-state index in [0.717, 1.165) is 31.6 Å². The molecule has 0 atom stereocenters. The SMILES string of the molecule is Cc1ccc(N=NC(c2ccccc2)(c2ccccc2)c2ccccc2)c(I)c1.Cc1ccc(NNC(c2ccccc2)(c2ccccc2)c2ccccc2)c(I)c1. The summed E-state index contributed by atoms with van der Waals surface area (Å²) in [6.07, 6.45) is 0. The van der Waals surface area contributed by atoms with E-state index in [4.69, 9.17) is 10.2 Å². The van der Waals surface area contributed by atoms with Crippen molar-refractivity contribution in [2.45, 2.75) is 24.9 Å². The van der Waals surface area contributed by atoms with Crippen LogP contribution in [0.2, 0.25) is 0 Å². The minimum Gasteiger partial charge on any atom is -0.319 e. The van der Waals surface area contributed by atoms with Crippen molar-refractivity contribution >= 4 is 56.6 Å². The van der Waals surface area contributed by atoms with Gasteiger partial charge in [0.25, 0.3) is 0 Å². The number of benzene rings is 8. The highest BCUT2D eigenvalue weighted by Crippen LogP contribution is 2.42. The maximum absolute atomic E-state index is 5.05. The van der Waals surface area contributed by atoms with E-state index in [-0.39, 0.29) is 0 Å². The number of halogens is 2. The molecule has 0 unspecified atom stereocenters. The Balaban J connectivity index is 0.000000177. The monoisotopic (exact) mass is 978 g/mol. The van der Waals surface area contributed by atoms with Crippen LogP contribution in [0.3, 0.4) is 0 Å². The van der Waals surface area contributed by atoms with Crippen molar-refractivity contribution in [3.63, 3.8) is 0 Å². The Morgan fingerprint density at radius 3 is 1.10 bits per heavy atom. The van der Waals surface area contributed by atoms with E-state index in [0.29, 0.717) is 0 Å². The van der Waals surface area contributed by atoms with E-state index in [2.05, 4.69) is 264 Å². The molecule has 0 aromatic heterocycles. The van der Waals surface area contributed by atoms with E-state index in [1.165, 1.54) is 31.4 Å². The molecule has 8 aromatic carbocycles. The van der Waals surface area contributed by atoms with Gasteiger partial charge in [0.2, 0.25) is 0 Å². The average molecular weight is 979 g/mol. The van der Waals surface area contributed by atoms with Gasteiger partial charge in [-0.3, -0.25) is 0 Å². The second-order valence-corrected chi connectivity index (χ2v) is 16.4. The van der Waals surface area contributed by atoms with Crippen molar-refractivity contribution in [2.24, 2.45) is 10.2 Å². The fourth-order valence-electron chi connectivity index (χ4n) is 7.20. The van der Waals surface area contributed by atoms with Crippen molar-refractivity contribution in [3.05, 3.63) is 270 Å². The Hall–Kier alpha value is -5.42. The van der Waals surface area contributed by atoms with Gasteiger partial charge in [0.15, 0.2) is 5.54 Å². The number of nitrogens with zero attached hydrogens (tertiary/aromatic N) is 2. The summed E-state index contributed by atoms with van der Waals surface area (Å²) >= 11 is 4.71. The summed E-state index contributed by atoms with van der Waals surface area (Å²) in [4.78, 5) is 0. The maximum Gasteiger partial charge on any atom is 0.157 e. The van der Waals surface area contributed by atoms with Gasteiger partial charge < -0.3 is 5.43 Å². The highest BCUT2D eigenvalue weighted by atomic mass is 127. The fraction of sp³-hybridized carbons (Fsp3) is 0.0769. The molecule has 0 bridgehead atoms. The Morgan fingerprint density at radius 2 is 0.741 bits per heavy atom. The average Bonchev–Trinajstić information content (AvgIpc) is 3.28. The zero-order valence-electron chi connectivity index (χ0n) is 32.4. The van der Waals surface area contributed by atoms with E-state index in [1.807, 2.05) is 24.3 Å². The van der Waals surface area contributed by atoms with Crippen LogP contribution in [0.15, 0.2) is 229 Å². The van der Waals surface area contributed by atoms with Crippen LogP contribution in [0, 0.1) is 21.0 Å². The van der Waals surface area contributed by atoms with Crippen molar-refractivity contribution in [1.29, 1.82) is 0 Å². The van der Waals surface area contributed by atoms with Crippen molar-refractivity contribution in [2.75, 3.05) is 5.43 Å². The molecular weight excluding hydrogens is 934 g/mol. The molecular formula is C52H44I2N4. The van der Waals surface area contributed by atoms with E-state index in [9.17, 15) is 0 Å². The smallest absolute Gasteiger partial charge is 0.157 e. The third-order valence-corrected chi connectivity index (χ3v) is 11.9. The molecule has 0 aliphatic rings. The number of azo groups is 1. The zero-order valence-corrected chi connectivity index (χ0v) is 36.7. The normalized spacial score (nSPS) is 11.4. The lowest BCUT2D eigenvalue weighted by Crippen LogP contribution is -2.47. The third kappa shape index (κ3) is 9.15. The molecule has 0 heterocycles. The number of hydrogen-bond acceptors (Lipinski definition) is 4. The van der Waals surface area contributed by atoms with Gasteiger partial charge >= 0.3 is 0 Å². The Morgan fingerprint density at radius 1 is 0.397 bits per heavy atom. The highest BCUT2D eigenvalue weighted by Gasteiger charge is 2.38. The van der Waals surface area contributed by atoms with Crippen LogP contribution in [-0.4, -0.2) is 0 Å². The molecule has 0 fully saturated rings. The molecule has 0 spiro atoms. The van der Waals surface area contributed by atoms with Crippen molar-refractivity contribution in [1.82, 2.24) is 5.43 Å². The van der Waals surface area contributed by atoms with Crippen LogP contribution in [0.1, 0.15) is 44.5 Å². The lowest BCUT2D eigenvalue weighted by atomic mass is 9.77. The first-order valence-electron chi connectivity index (χ1n) is 19.2. The molecule has 8 aromatic rings. The Kier molecular flexibility index (Phi) is 13.6. The first-order chi connectivity index (χ1) is 28.4. The standard InChI is InChI=1S/C26H23IN2.C26H21IN2/c2*1-20-17-18-25(24(27)19-20)28-29-26(21-11-5-2-6-12-21,22-13-7-3-8-14-22)23-15-9-4-10-16-23/h2-19,28-29H,1H3;2-19H,1H3. The number of anilines is 1. The zero-order chi connectivity index (χ0) is 40.2. The number of nitrogens with one attached hydrogen (secondary N) is 2. The van der Waals surface area contributed by atoms with Crippen LogP contribution in [-0.2, 0) is 11.1 Å². The summed E-state index contributed by atoms with van der Waals surface area (Å²) in [5, 5.41) is 9.81. The van der Waals surface area contributed by atoms with Gasteiger partial charge in [-0.05, 0) is 128 Å². The molecule has 0 saturated carbocycles. The molecule has 0 radical (unpaired) electrons. The van der Waals surface area contributed by atoms with Gasteiger partial charge in [-0.2, -0.15) is 10.2 Å². The van der Waals surface area contributed by atoms with Gasteiger partial charge in [-0.15, -0.1) is 0 Å². The predicted molar refractivity (Wildman–Crippen MR) is 257 cm³/mol. The van der Waals surface area contributed by atoms with Crippen molar-refractivity contribution < 1.29 is 0 Å². The van der Waals surface area contributed by atoms with Crippen LogP contribution >= 0.6 is 45.2 Å². The summed E-state index contributed by atoms with van der Waals surface area (Å²) in [6, 6.07) is 75.6. The fourth-order valence-corrected chi connectivity index (χ4v) is 8.78. The number of rotatable bonds is 11. The molecule has 4 nitrogen and oxygen atoms in total. The topological polar surface area (TPSA) is 48.8 Å². The summed E-state index contributed by atoms with van der Waals surface area (Å²) in [5.41, 5.74) is 17.1. The van der Waals surface area contributed by atoms with Crippen molar-refractivity contribution in [3.8, 4) is 0 Å².